The maximum absolute atomic E-state index is 14.0. The molecular weight excluding hydrogens is 723 g/mol. The third-order valence-corrected chi connectivity index (χ3v) is 9.81. The number of carbonyl (C=O) groups is 8. The van der Waals surface area contributed by atoms with E-state index in [0.29, 0.717) is 27.2 Å². The Labute approximate surface area is 314 Å². The van der Waals surface area contributed by atoms with Crippen LogP contribution in [-0.4, -0.2) is 107 Å². The Balaban J connectivity index is 1.70. The highest BCUT2D eigenvalue weighted by Crippen LogP contribution is 2.29. The van der Waals surface area contributed by atoms with Gasteiger partial charge in [-0.25, -0.2) is 4.98 Å². The Morgan fingerprint density at radius 2 is 1.78 bits per heavy atom. The van der Waals surface area contributed by atoms with Crippen molar-refractivity contribution in [3.63, 3.8) is 0 Å². The van der Waals surface area contributed by atoms with Gasteiger partial charge in [-0.05, 0) is 44.9 Å². The van der Waals surface area contributed by atoms with Gasteiger partial charge in [0.05, 0.1) is 31.9 Å². The van der Waals surface area contributed by atoms with Crippen molar-refractivity contribution in [3.8, 4) is 5.75 Å². The molecule has 7 N–H and O–H groups in total. The van der Waals surface area contributed by atoms with Gasteiger partial charge < -0.3 is 46.5 Å². The number of rotatable bonds is 5. The molecule has 288 valence electrons. The molecule has 1 aliphatic heterocycles. The smallest absolute Gasteiger partial charge is 0.271 e. The van der Waals surface area contributed by atoms with Crippen molar-refractivity contribution in [1.82, 2.24) is 46.8 Å². The minimum absolute atomic E-state index is 0.0809. The normalized spacial score (nSPS) is 23.0. The second-order valence-electron chi connectivity index (χ2n) is 12.8. The van der Waals surface area contributed by atoms with Gasteiger partial charge in [-0.2, -0.15) is 0 Å². The molecule has 0 saturated carbocycles. The minimum atomic E-state index is -2.21. The summed E-state index contributed by atoms with van der Waals surface area (Å²) in [6, 6.07) is 2.05. The standard InChI is InChI=1S/C35H43N9O9S/c1-8-21-29(48)39-18(3)33(51)44(6)15-27(47)38-17(2)32-42-24(16-54-32)30(49)41-23(12-20-13-36-22-10-9-11-25(53-7)28(20)22)31(50)43-35(5,19(4)45)34(52)37-14-26(46)40-21/h9-11,13,16-17,21,23,36H,3,8,12,14-15H2,1-2,4-7H3,(H,37,52)(H,38,47)(H,39,48)(H,40,46)(H,41,49)(H,43,50)/t17-,21-,23+,35+/m1/s1. The van der Waals surface area contributed by atoms with Crippen LogP contribution in [0.5, 0.6) is 5.75 Å². The fourth-order valence-electron chi connectivity index (χ4n) is 5.53. The van der Waals surface area contributed by atoms with Crippen LogP contribution in [0.25, 0.3) is 10.9 Å². The lowest BCUT2D eigenvalue weighted by atomic mass is 9.94. The summed E-state index contributed by atoms with van der Waals surface area (Å²) >= 11 is 1.06. The predicted octanol–water partition coefficient (Wildman–Crippen LogP) is -0.272. The van der Waals surface area contributed by atoms with E-state index in [-0.39, 0.29) is 24.2 Å². The van der Waals surface area contributed by atoms with Gasteiger partial charge in [0, 0.05) is 35.9 Å². The largest absolute Gasteiger partial charge is 0.496 e. The number of nitrogens with one attached hydrogen (secondary N) is 7. The zero-order chi connectivity index (χ0) is 39.9. The molecule has 19 heteroatoms. The van der Waals surface area contributed by atoms with Crippen molar-refractivity contribution in [2.75, 3.05) is 27.2 Å². The second-order valence-corrected chi connectivity index (χ2v) is 13.7. The number of H-pyrrole nitrogens is 1. The number of nitrogens with zero attached hydrogens (tertiary/aromatic N) is 2. The molecule has 4 atom stereocenters. The highest BCUT2D eigenvalue weighted by Gasteiger charge is 2.42. The molecule has 0 aliphatic carbocycles. The number of benzene rings is 1. The van der Waals surface area contributed by atoms with Gasteiger partial charge >= 0.3 is 0 Å². The molecule has 0 fully saturated rings. The van der Waals surface area contributed by atoms with Crippen LogP contribution in [0.2, 0.25) is 0 Å². The molecule has 1 aliphatic rings. The van der Waals surface area contributed by atoms with Crippen LogP contribution in [-0.2, 0) is 40.0 Å². The Morgan fingerprint density at radius 3 is 2.44 bits per heavy atom. The van der Waals surface area contributed by atoms with Crippen LogP contribution >= 0.6 is 11.3 Å². The molecule has 0 unspecified atom stereocenters. The third kappa shape index (κ3) is 9.27. The summed E-state index contributed by atoms with van der Waals surface area (Å²) in [5.41, 5.74) is -1.39. The number of ether oxygens (including phenoxy) is 1. The van der Waals surface area contributed by atoms with E-state index in [1.807, 2.05) is 0 Å². The summed E-state index contributed by atoms with van der Waals surface area (Å²) < 4.78 is 5.52. The lowest BCUT2D eigenvalue weighted by Crippen LogP contribution is -2.65. The molecule has 3 aromatic rings. The van der Waals surface area contributed by atoms with Gasteiger partial charge in [0.15, 0.2) is 11.3 Å². The topological polar surface area (TPSA) is 250 Å². The minimum Gasteiger partial charge on any atom is -0.496 e. The summed E-state index contributed by atoms with van der Waals surface area (Å²) in [6.07, 6.45) is 1.60. The van der Waals surface area contributed by atoms with E-state index >= 15 is 0 Å². The van der Waals surface area contributed by atoms with Crippen LogP contribution in [0.4, 0.5) is 0 Å². The molecule has 0 radical (unpaired) electrons. The molecule has 3 heterocycles. The maximum Gasteiger partial charge on any atom is 0.271 e. The number of aromatic nitrogens is 2. The van der Waals surface area contributed by atoms with E-state index in [4.69, 9.17) is 4.74 Å². The number of aromatic amines is 1. The van der Waals surface area contributed by atoms with E-state index in [9.17, 15) is 38.4 Å². The monoisotopic (exact) mass is 765 g/mol. The Bertz CT molecular complexity index is 2010. The first kappa shape index (κ1) is 40.7. The van der Waals surface area contributed by atoms with Crippen LogP contribution in [0.3, 0.4) is 0 Å². The van der Waals surface area contributed by atoms with Crippen LogP contribution in [0, 0.1) is 0 Å². The van der Waals surface area contributed by atoms with Gasteiger partial charge in [-0.15, -0.1) is 11.3 Å². The molecule has 7 amide bonds. The van der Waals surface area contributed by atoms with Crippen molar-refractivity contribution >= 4 is 69.4 Å². The molecule has 0 spiro atoms. The number of thiazole rings is 1. The van der Waals surface area contributed by atoms with Crippen LogP contribution in [0.1, 0.15) is 61.2 Å². The number of carbonyl (C=O) groups excluding carboxylic acids is 8. The number of methoxy groups -OCH3 is 1. The molecular formula is C35H43N9O9S. The molecule has 54 heavy (non-hydrogen) atoms. The molecule has 0 saturated heterocycles. The van der Waals surface area contributed by atoms with E-state index in [2.05, 4.69) is 48.4 Å². The Hall–Kier alpha value is -6.11. The van der Waals surface area contributed by atoms with Crippen LogP contribution < -0.4 is 36.6 Å². The summed E-state index contributed by atoms with van der Waals surface area (Å²) in [5, 5.41) is 17.3. The zero-order valence-corrected chi connectivity index (χ0v) is 31.4. The number of amides is 7. The van der Waals surface area contributed by atoms with Gasteiger partial charge in [-0.3, -0.25) is 38.4 Å². The van der Waals surface area contributed by atoms with Crippen LogP contribution in [0.15, 0.2) is 42.1 Å². The van der Waals surface area contributed by atoms with Crippen molar-refractivity contribution in [2.24, 2.45) is 0 Å². The highest BCUT2D eigenvalue weighted by atomic mass is 32.1. The van der Waals surface area contributed by atoms with Crippen molar-refractivity contribution in [2.45, 2.75) is 64.2 Å². The van der Waals surface area contributed by atoms with Crippen molar-refractivity contribution in [1.29, 1.82) is 0 Å². The molecule has 2 aromatic heterocycles. The average Bonchev–Trinajstić information content (AvgIpc) is 3.79. The highest BCUT2D eigenvalue weighted by molar-refractivity contribution is 7.09. The van der Waals surface area contributed by atoms with Crippen molar-refractivity contribution in [3.05, 3.63) is 58.3 Å². The lowest BCUT2D eigenvalue weighted by Gasteiger charge is -2.29. The average molecular weight is 766 g/mol. The fraction of sp³-hybridized carbons (Fsp3) is 0.400. The number of likely N-dealkylation sites (N-methyl/N-ethyl adjacent to an activating group) is 1. The van der Waals surface area contributed by atoms with Gasteiger partial charge in [0.1, 0.15) is 28.5 Å². The number of Topliss-reactive ketones (excluding diaryl/α,β-unsaturated/α-hetero) is 1. The quantitative estimate of drug-likeness (QED) is 0.132. The third-order valence-electron chi connectivity index (χ3n) is 8.78. The van der Waals surface area contributed by atoms with E-state index < -0.39 is 83.9 Å². The fourth-order valence-corrected chi connectivity index (χ4v) is 6.34. The zero-order valence-electron chi connectivity index (χ0n) is 30.6. The van der Waals surface area contributed by atoms with Gasteiger partial charge in [0.2, 0.25) is 23.6 Å². The van der Waals surface area contributed by atoms with Gasteiger partial charge in [0.25, 0.3) is 17.7 Å². The first-order chi connectivity index (χ1) is 25.5. The number of ketones is 1. The molecule has 2 bridgehead atoms. The molecule has 18 nitrogen and oxygen atoms in total. The van der Waals surface area contributed by atoms with Crippen molar-refractivity contribution < 1.29 is 43.1 Å². The first-order valence-electron chi connectivity index (χ1n) is 16.8. The lowest BCUT2D eigenvalue weighted by molar-refractivity contribution is -0.141. The summed E-state index contributed by atoms with van der Waals surface area (Å²) in [6.45, 7) is 7.91. The number of hydrogen-bond acceptors (Lipinski definition) is 11. The summed E-state index contributed by atoms with van der Waals surface area (Å²) in [4.78, 5) is 114. The van der Waals surface area contributed by atoms with E-state index in [1.54, 1.807) is 38.2 Å². The first-order valence-corrected chi connectivity index (χ1v) is 17.7. The molecule has 4 rings (SSSR count). The van der Waals surface area contributed by atoms with Gasteiger partial charge in [-0.1, -0.05) is 19.6 Å². The van der Waals surface area contributed by atoms with E-state index in [0.717, 1.165) is 30.1 Å². The SMILES string of the molecule is C=C1NC(=O)[C@@H](CC)NC(=O)CNC(=O)[C@](C)(C(C)=O)NC(=O)[C@H](Cc2c[nH]c3cccc(OC)c23)NC(=O)c2csc(n2)[C@@H](C)NC(=O)CN(C)C1=O. The Kier molecular flexibility index (Phi) is 12.9. The summed E-state index contributed by atoms with van der Waals surface area (Å²) in [5.74, 6) is -5.94. The number of fused-ring (bicyclic) bond motifs is 3. The second kappa shape index (κ2) is 17.1. The van der Waals surface area contributed by atoms with E-state index in [1.165, 1.54) is 19.5 Å². The Morgan fingerprint density at radius 1 is 1.06 bits per heavy atom. The summed E-state index contributed by atoms with van der Waals surface area (Å²) in [7, 11) is 2.81. The molecule has 1 aromatic carbocycles. The predicted molar refractivity (Wildman–Crippen MR) is 196 cm³/mol. The maximum atomic E-state index is 14.0. The number of hydrogen-bond donors (Lipinski definition) is 7.